The first kappa shape index (κ1) is 13.6. The van der Waals surface area contributed by atoms with Crippen LogP contribution in [-0.4, -0.2) is 41.1 Å². The molecular weight excluding hydrogens is 250 g/mol. The highest BCUT2D eigenvalue weighted by atomic mass is 35.5. The van der Waals surface area contributed by atoms with Gasteiger partial charge in [-0.1, -0.05) is 18.0 Å². The highest BCUT2D eigenvalue weighted by molar-refractivity contribution is 6.32. The standard InChI is InChI=1S/C13H20ClN3O/c1-11-12(14)13(16-10-15-11)18-9-5-8-17-6-3-2-4-7-17/h10H,2-9H2,1H3. The number of piperidine rings is 1. The summed E-state index contributed by atoms with van der Waals surface area (Å²) >= 11 is 6.06. The van der Waals surface area contributed by atoms with Gasteiger partial charge >= 0.3 is 0 Å². The van der Waals surface area contributed by atoms with Crippen molar-refractivity contribution in [2.75, 3.05) is 26.2 Å². The maximum absolute atomic E-state index is 6.06. The summed E-state index contributed by atoms with van der Waals surface area (Å²) < 4.78 is 5.60. The zero-order valence-corrected chi connectivity index (χ0v) is 11.6. The molecule has 0 N–H and O–H groups in total. The number of aryl methyl sites for hydroxylation is 1. The fourth-order valence-electron chi connectivity index (χ4n) is 2.18. The van der Waals surface area contributed by atoms with E-state index >= 15 is 0 Å². The van der Waals surface area contributed by atoms with Gasteiger partial charge in [0.1, 0.15) is 11.3 Å². The van der Waals surface area contributed by atoms with Crippen LogP contribution in [0.25, 0.3) is 0 Å². The van der Waals surface area contributed by atoms with E-state index in [1.54, 1.807) is 0 Å². The summed E-state index contributed by atoms with van der Waals surface area (Å²) in [5, 5.41) is 0.524. The molecule has 0 unspecified atom stereocenters. The van der Waals surface area contributed by atoms with Gasteiger partial charge in [-0.3, -0.25) is 0 Å². The van der Waals surface area contributed by atoms with Gasteiger partial charge in [-0.05, 0) is 39.3 Å². The second-order valence-electron chi connectivity index (χ2n) is 4.68. The van der Waals surface area contributed by atoms with Crippen molar-refractivity contribution in [3.05, 3.63) is 17.0 Å². The van der Waals surface area contributed by atoms with Crippen LogP contribution < -0.4 is 4.74 Å². The van der Waals surface area contributed by atoms with Crippen LogP contribution in [0, 0.1) is 6.92 Å². The summed E-state index contributed by atoms with van der Waals surface area (Å²) in [7, 11) is 0. The maximum atomic E-state index is 6.06. The second kappa shape index (κ2) is 6.90. The van der Waals surface area contributed by atoms with Crippen LogP contribution in [0.2, 0.25) is 5.02 Å². The molecule has 0 aliphatic carbocycles. The molecule has 1 fully saturated rings. The highest BCUT2D eigenvalue weighted by Crippen LogP contribution is 2.23. The summed E-state index contributed by atoms with van der Waals surface area (Å²) in [6.45, 7) is 6.07. The van der Waals surface area contributed by atoms with E-state index < -0.39 is 0 Å². The summed E-state index contributed by atoms with van der Waals surface area (Å²) in [6, 6.07) is 0. The van der Waals surface area contributed by atoms with E-state index in [2.05, 4.69) is 14.9 Å². The Kier molecular flexibility index (Phi) is 5.20. The first-order chi connectivity index (χ1) is 8.77. The van der Waals surface area contributed by atoms with Crippen LogP contribution >= 0.6 is 11.6 Å². The zero-order chi connectivity index (χ0) is 12.8. The minimum Gasteiger partial charge on any atom is -0.476 e. The Morgan fingerprint density at radius 2 is 2.06 bits per heavy atom. The lowest BCUT2D eigenvalue weighted by molar-refractivity contribution is 0.203. The van der Waals surface area contributed by atoms with E-state index in [1.807, 2.05) is 6.92 Å². The van der Waals surface area contributed by atoms with Gasteiger partial charge in [0, 0.05) is 6.54 Å². The van der Waals surface area contributed by atoms with Crippen molar-refractivity contribution in [2.24, 2.45) is 0 Å². The molecule has 1 aromatic heterocycles. The van der Waals surface area contributed by atoms with Crippen molar-refractivity contribution in [2.45, 2.75) is 32.6 Å². The average Bonchev–Trinajstić information content (AvgIpc) is 2.40. The number of halogens is 1. The minimum atomic E-state index is 0.503. The van der Waals surface area contributed by atoms with E-state index in [0.717, 1.165) is 18.7 Å². The van der Waals surface area contributed by atoms with Crippen molar-refractivity contribution >= 4 is 11.6 Å². The molecule has 1 saturated heterocycles. The smallest absolute Gasteiger partial charge is 0.235 e. The number of hydrogen-bond acceptors (Lipinski definition) is 4. The van der Waals surface area contributed by atoms with Crippen LogP contribution in [0.3, 0.4) is 0 Å². The minimum absolute atomic E-state index is 0.503. The third-order valence-electron chi connectivity index (χ3n) is 3.24. The van der Waals surface area contributed by atoms with Gasteiger partial charge in [0.2, 0.25) is 5.88 Å². The molecule has 0 saturated carbocycles. The Morgan fingerprint density at radius 1 is 1.28 bits per heavy atom. The lowest BCUT2D eigenvalue weighted by atomic mass is 10.1. The Morgan fingerprint density at radius 3 is 2.83 bits per heavy atom. The average molecular weight is 270 g/mol. The second-order valence-corrected chi connectivity index (χ2v) is 5.06. The molecule has 0 spiro atoms. The van der Waals surface area contributed by atoms with E-state index in [4.69, 9.17) is 16.3 Å². The molecule has 100 valence electrons. The Hall–Kier alpha value is -0.870. The van der Waals surface area contributed by atoms with Gasteiger partial charge in [0.05, 0.1) is 12.3 Å². The van der Waals surface area contributed by atoms with Gasteiger partial charge in [-0.15, -0.1) is 0 Å². The summed E-state index contributed by atoms with van der Waals surface area (Å²) in [5.41, 5.74) is 0.762. The Bertz CT molecular complexity index is 380. The molecule has 1 aliphatic rings. The predicted octanol–water partition coefficient (Wildman–Crippen LogP) is 2.69. The molecule has 0 radical (unpaired) electrons. The monoisotopic (exact) mass is 269 g/mol. The van der Waals surface area contributed by atoms with Gasteiger partial charge in [0.15, 0.2) is 0 Å². The topological polar surface area (TPSA) is 38.3 Å². The molecule has 0 atom stereocenters. The van der Waals surface area contributed by atoms with E-state index in [0.29, 0.717) is 17.5 Å². The Labute approximate surface area is 113 Å². The molecule has 5 heteroatoms. The van der Waals surface area contributed by atoms with E-state index in [-0.39, 0.29) is 0 Å². The summed E-state index contributed by atoms with van der Waals surface area (Å²) in [5.74, 6) is 0.503. The molecule has 1 aliphatic heterocycles. The molecular formula is C13H20ClN3O. The molecule has 4 nitrogen and oxygen atoms in total. The molecule has 18 heavy (non-hydrogen) atoms. The zero-order valence-electron chi connectivity index (χ0n) is 10.9. The third-order valence-corrected chi connectivity index (χ3v) is 3.67. The predicted molar refractivity (Wildman–Crippen MR) is 72.2 cm³/mol. The van der Waals surface area contributed by atoms with E-state index in [9.17, 15) is 0 Å². The fraction of sp³-hybridized carbons (Fsp3) is 0.692. The number of nitrogens with zero attached hydrogens (tertiary/aromatic N) is 3. The van der Waals surface area contributed by atoms with Crippen molar-refractivity contribution in [1.82, 2.24) is 14.9 Å². The maximum Gasteiger partial charge on any atom is 0.235 e. The number of aromatic nitrogens is 2. The first-order valence-corrected chi connectivity index (χ1v) is 6.97. The molecule has 2 rings (SSSR count). The molecule has 0 bridgehead atoms. The fourth-order valence-corrected chi connectivity index (χ4v) is 2.33. The number of rotatable bonds is 5. The Balaban J connectivity index is 1.70. The van der Waals surface area contributed by atoms with Gasteiger partial charge in [-0.25, -0.2) is 9.97 Å². The third kappa shape index (κ3) is 3.82. The normalized spacial score (nSPS) is 16.8. The van der Waals surface area contributed by atoms with Crippen LogP contribution in [0.1, 0.15) is 31.4 Å². The quantitative estimate of drug-likeness (QED) is 0.771. The summed E-state index contributed by atoms with van der Waals surface area (Å²) in [6.07, 6.45) is 6.54. The van der Waals surface area contributed by atoms with Crippen molar-refractivity contribution in [1.29, 1.82) is 0 Å². The number of likely N-dealkylation sites (tertiary alicyclic amines) is 1. The van der Waals surface area contributed by atoms with Crippen LogP contribution in [0.5, 0.6) is 5.88 Å². The lowest BCUT2D eigenvalue weighted by Gasteiger charge is -2.26. The first-order valence-electron chi connectivity index (χ1n) is 6.59. The molecule has 0 aromatic carbocycles. The molecule has 0 amide bonds. The number of hydrogen-bond donors (Lipinski definition) is 0. The number of ether oxygens (including phenoxy) is 1. The van der Waals surface area contributed by atoms with Crippen molar-refractivity contribution in [3.8, 4) is 5.88 Å². The SMILES string of the molecule is Cc1ncnc(OCCCN2CCCCC2)c1Cl. The van der Waals surface area contributed by atoms with Gasteiger partial charge in [-0.2, -0.15) is 0 Å². The highest BCUT2D eigenvalue weighted by Gasteiger charge is 2.10. The summed E-state index contributed by atoms with van der Waals surface area (Å²) in [4.78, 5) is 10.6. The largest absolute Gasteiger partial charge is 0.476 e. The van der Waals surface area contributed by atoms with Gasteiger partial charge < -0.3 is 9.64 Å². The molecule has 1 aromatic rings. The lowest BCUT2D eigenvalue weighted by Crippen LogP contribution is -2.31. The van der Waals surface area contributed by atoms with Crippen molar-refractivity contribution in [3.63, 3.8) is 0 Å². The van der Waals surface area contributed by atoms with Crippen LogP contribution in [0.4, 0.5) is 0 Å². The van der Waals surface area contributed by atoms with E-state index in [1.165, 1.54) is 38.7 Å². The van der Waals surface area contributed by atoms with Crippen LogP contribution in [-0.2, 0) is 0 Å². The van der Waals surface area contributed by atoms with Gasteiger partial charge in [0.25, 0.3) is 0 Å². The van der Waals surface area contributed by atoms with Crippen molar-refractivity contribution < 1.29 is 4.74 Å². The van der Waals surface area contributed by atoms with Crippen LogP contribution in [0.15, 0.2) is 6.33 Å². The molecule has 2 heterocycles.